The second-order valence-electron chi connectivity index (χ2n) is 8.82. The molecule has 8 heteroatoms. The molecule has 174 valence electrons. The van der Waals surface area contributed by atoms with E-state index in [1.165, 1.54) is 31.2 Å². The Balaban J connectivity index is 1.54. The van der Waals surface area contributed by atoms with Gasteiger partial charge in [0.05, 0.1) is 24.7 Å². The van der Waals surface area contributed by atoms with Crippen molar-refractivity contribution in [2.75, 3.05) is 31.6 Å². The third-order valence-corrected chi connectivity index (χ3v) is 6.78. The van der Waals surface area contributed by atoms with Crippen LogP contribution in [0.15, 0.2) is 30.3 Å². The summed E-state index contributed by atoms with van der Waals surface area (Å²) in [5.74, 6) is -0.741. The Morgan fingerprint density at radius 3 is 2.64 bits per heavy atom. The molecule has 33 heavy (non-hydrogen) atoms. The maximum absolute atomic E-state index is 13.7. The molecule has 2 aliphatic heterocycles. The van der Waals surface area contributed by atoms with Crippen LogP contribution in [0.5, 0.6) is 0 Å². The molecule has 0 bridgehead atoms. The fourth-order valence-electron chi connectivity index (χ4n) is 4.99. The summed E-state index contributed by atoms with van der Waals surface area (Å²) >= 11 is 0. The topological polar surface area (TPSA) is 50.6 Å². The number of benzene rings is 2. The van der Waals surface area contributed by atoms with Gasteiger partial charge in [-0.15, -0.1) is 0 Å². The molecule has 0 N–H and O–H groups in total. The average molecular weight is 455 g/mol. The van der Waals surface area contributed by atoms with Crippen LogP contribution in [0, 0.1) is 11.6 Å². The van der Waals surface area contributed by atoms with Crippen molar-refractivity contribution < 1.29 is 18.3 Å². The predicted molar refractivity (Wildman–Crippen MR) is 122 cm³/mol. The van der Waals surface area contributed by atoms with Crippen LogP contribution in [0.2, 0.25) is 0 Å². The van der Waals surface area contributed by atoms with Crippen molar-refractivity contribution in [3.8, 4) is 0 Å². The van der Waals surface area contributed by atoms with Gasteiger partial charge in [0.15, 0.2) is 11.6 Å². The SMILES string of the molecule is COC(=O)N1CCc2ccc3c(nc(N4CCCCC4)n3CCc3ccc(F)c(F)c3)c2C1. The first kappa shape index (κ1) is 21.7. The summed E-state index contributed by atoms with van der Waals surface area (Å²) in [6.07, 6.45) is 4.47. The molecule has 1 amide bonds. The molecule has 2 aromatic carbocycles. The number of hydrogen-bond donors (Lipinski definition) is 0. The fourth-order valence-corrected chi connectivity index (χ4v) is 4.99. The minimum atomic E-state index is -0.831. The fraction of sp³-hybridized carbons (Fsp3) is 0.440. The Labute approximate surface area is 191 Å². The molecule has 5 rings (SSSR count). The number of methoxy groups -OCH3 is 1. The molecule has 6 nitrogen and oxygen atoms in total. The number of ether oxygens (including phenoxy) is 1. The molecule has 1 saturated heterocycles. The van der Waals surface area contributed by atoms with Gasteiger partial charge in [-0.25, -0.2) is 18.6 Å². The first-order chi connectivity index (χ1) is 16.0. The van der Waals surface area contributed by atoms with Crippen molar-refractivity contribution in [2.24, 2.45) is 0 Å². The monoisotopic (exact) mass is 454 g/mol. The van der Waals surface area contributed by atoms with Gasteiger partial charge in [0, 0.05) is 31.7 Å². The Hall–Kier alpha value is -3.16. The van der Waals surface area contributed by atoms with Crippen molar-refractivity contribution in [3.05, 3.63) is 58.7 Å². The maximum Gasteiger partial charge on any atom is 0.409 e. The molecule has 1 aromatic heterocycles. The molecule has 3 heterocycles. The molecule has 0 radical (unpaired) electrons. The molecule has 0 unspecified atom stereocenters. The molecular weight excluding hydrogens is 426 g/mol. The Morgan fingerprint density at radius 1 is 1.06 bits per heavy atom. The lowest BCUT2D eigenvalue weighted by Crippen LogP contribution is -2.35. The standard InChI is InChI=1S/C25H28F2N4O2/c1-33-25(32)30-13-10-18-6-8-22-23(19(18)16-30)28-24(29-11-3-2-4-12-29)31(22)14-9-17-5-7-20(26)21(27)15-17/h5-8,15H,2-4,9-14,16H2,1H3. The second kappa shape index (κ2) is 9.00. The molecule has 0 saturated carbocycles. The van der Waals surface area contributed by atoms with Gasteiger partial charge in [-0.2, -0.15) is 0 Å². The van der Waals surface area contributed by atoms with Crippen LogP contribution in [0.25, 0.3) is 11.0 Å². The van der Waals surface area contributed by atoms with Crippen LogP contribution in [0.4, 0.5) is 19.5 Å². The molecule has 0 atom stereocenters. The summed E-state index contributed by atoms with van der Waals surface area (Å²) in [5, 5.41) is 0. The number of anilines is 1. The zero-order valence-electron chi connectivity index (χ0n) is 18.8. The van der Waals surface area contributed by atoms with Crippen LogP contribution in [0.1, 0.15) is 36.0 Å². The summed E-state index contributed by atoms with van der Waals surface area (Å²) in [5.41, 5.74) is 4.93. The van der Waals surface area contributed by atoms with Crippen LogP contribution in [-0.4, -0.2) is 47.3 Å². The minimum absolute atomic E-state index is 0.327. The van der Waals surface area contributed by atoms with Crippen molar-refractivity contribution >= 4 is 23.1 Å². The van der Waals surface area contributed by atoms with Crippen molar-refractivity contribution in [2.45, 2.75) is 45.2 Å². The zero-order chi connectivity index (χ0) is 22.9. The number of carbonyl (C=O) groups excluding carboxylic acids is 1. The highest BCUT2D eigenvalue weighted by atomic mass is 19.2. The number of rotatable bonds is 4. The van der Waals surface area contributed by atoms with E-state index in [0.717, 1.165) is 60.5 Å². The number of imidazole rings is 1. The van der Waals surface area contributed by atoms with E-state index >= 15 is 0 Å². The van der Waals surface area contributed by atoms with Gasteiger partial charge in [0.25, 0.3) is 0 Å². The minimum Gasteiger partial charge on any atom is -0.453 e. The van der Waals surface area contributed by atoms with E-state index in [1.54, 1.807) is 11.0 Å². The van der Waals surface area contributed by atoms with E-state index in [4.69, 9.17) is 9.72 Å². The molecular formula is C25H28F2N4O2. The van der Waals surface area contributed by atoms with E-state index in [-0.39, 0.29) is 6.09 Å². The smallest absolute Gasteiger partial charge is 0.409 e. The third kappa shape index (κ3) is 4.14. The highest BCUT2D eigenvalue weighted by Gasteiger charge is 2.27. The summed E-state index contributed by atoms with van der Waals surface area (Å²) in [6, 6.07) is 8.31. The lowest BCUT2D eigenvalue weighted by Gasteiger charge is -2.28. The van der Waals surface area contributed by atoms with Gasteiger partial charge in [0.2, 0.25) is 5.95 Å². The number of hydrogen-bond acceptors (Lipinski definition) is 4. The van der Waals surface area contributed by atoms with Gasteiger partial charge in [0.1, 0.15) is 0 Å². The van der Waals surface area contributed by atoms with Crippen molar-refractivity contribution in [3.63, 3.8) is 0 Å². The van der Waals surface area contributed by atoms with Gasteiger partial charge in [-0.3, -0.25) is 0 Å². The van der Waals surface area contributed by atoms with E-state index < -0.39 is 11.6 Å². The molecule has 0 spiro atoms. The summed E-state index contributed by atoms with van der Waals surface area (Å²) in [4.78, 5) is 21.3. The van der Waals surface area contributed by atoms with E-state index in [2.05, 4.69) is 21.6 Å². The Kier molecular flexibility index (Phi) is 5.91. The number of aryl methyl sites for hydroxylation is 2. The number of aromatic nitrogens is 2. The Morgan fingerprint density at radius 2 is 1.88 bits per heavy atom. The number of carbonyl (C=O) groups is 1. The van der Waals surface area contributed by atoms with E-state index in [9.17, 15) is 13.6 Å². The van der Waals surface area contributed by atoms with E-state index in [1.807, 2.05) is 0 Å². The van der Waals surface area contributed by atoms with Gasteiger partial charge < -0.3 is 19.1 Å². The van der Waals surface area contributed by atoms with Crippen LogP contribution < -0.4 is 4.90 Å². The largest absolute Gasteiger partial charge is 0.453 e. The third-order valence-electron chi connectivity index (χ3n) is 6.78. The van der Waals surface area contributed by atoms with E-state index in [0.29, 0.717) is 26.1 Å². The molecule has 1 fully saturated rings. The predicted octanol–water partition coefficient (Wildman–Crippen LogP) is 4.67. The molecule has 3 aromatic rings. The van der Waals surface area contributed by atoms with Gasteiger partial charge in [-0.05, 0) is 61.4 Å². The summed E-state index contributed by atoms with van der Waals surface area (Å²) in [7, 11) is 1.40. The molecule has 0 aliphatic carbocycles. The highest BCUT2D eigenvalue weighted by Crippen LogP contribution is 2.32. The van der Waals surface area contributed by atoms with Crippen LogP contribution in [-0.2, 0) is 30.7 Å². The van der Waals surface area contributed by atoms with Crippen LogP contribution in [0.3, 0.4) is 0 Å². The number of piperidine rings is 1. The van der Waals surface area contributed by atoms with Crippen LogP contribution >= 0.6 is 0 Å². The first-order valence-corrected chi connectivity index (χ1v) is 11.6. The quantitative estimate of drug-likeness (QED) is 0.575. The second-order valence-corrected chi connectivity index (χ2v) is 8.82. The number of fused-ring (bicyclic) bond motifs is 3. The number of halogens is 2. The summed E-state index contributed by atoms with van der Waals surface area (Å²) in [6.45, 7) is 3.60. The molecule has 2 aliphatic rings. The van der Waals surface area contributed by atoms with Gasteiger partial charge >= 0.3 is 6.09 Å². The highest BCUT2D eigenvalue weighted by molar-refractivity contribution is 5.84. The average Bonchev–Trinajstić information content (AvgIpc) is 3.23. The Bertz CT molecular complexity index is 1190. The zero-order valence-corrected chi connectivity index (χ0v) is 18.8. The summed E-state index contributed by atoms with van der Waals surface area (Å²) < 4.78 is 34.2. The van der Waals surface area contributed by atoms with Crippen molar-refractivity contribution in [1.82, 2.24) is 14.5 Å². The van der Waals surface area contributed by atoms with Gasteiger partial charge in [-0.1, -0.05) is 12.1 Å². The number of nitrogens with zero attached hydrogens (tertiary/aromatic N) is 4. The normalized spacial score (nSPS) is 16.2. The lowest BCUT2D eigenvalue weighted by molar-refractivity contribution is 0.119. The first-order valence-electron chi connectivity index (χ1n) is 11.6. The van der Waals surface area contributed by atoms with Crippen molar-refractivity contribution in [1.29, 1.82) is 0 Å². The maximum atomic E-state index is 13.7. The number of amides is 1. The lowest BCUT2D eigenvalue weighted by atomic mass is 9.98.